The van der Waals surface area contributed by atoms with Crippen LogP contribution in [0.4, 0.5) is 4.39 Å². The van der Waals surface area contributed by atoms with Crippen molar-refractivity contribution in [3.8, 4) is 0 Å². The summed E-state index contributed by atoms with van der Waals surface area (Å²) in [6, 6.07) is 6.28. The van der Waals surface area contributed by atoms with Gasteiger partial charge in [-0.15, -0.1) is 11.3 Å². The van der Waals surface area contributed by atoms with Gasteiger partial charge in [-0.3, -0.25) is 14.2 Å². The van der Waals surface area contributed by atoms with Crippen LogP contribution in [-0.4, -0.2) is 15.5 Å². The van der Waals surface area contributed by atoms with Gasteiger partial charge in [0.05, 0.1) is 11.7 Å². The number of thiophene rings is 1. The minimum Gasteiger partial charge on any atom is -0.350 e. The van der Waals surface area contributed by atoms with Crippen LogP contribution in [0.5, 0.6) is 0 Å². The number of hydrogen-bond acceptors (Lipinski definition) is 4. The number of halogens is 1. The first-order valence-corrected chi connectivity index (χ1v) is 9.45. The number of nitrogens with one attached hydrogen (secondary N) is 1. The second kappa shape index (κ2) is 6.99. The minimum atomic E-state index is -0.363. The van der Waals surface area contributed by atoms with Crippen LogP contribution in [0.3, 0.4) is 0 Å². The van der Waals surface area contributed by atoms with E-state index in [4.69, 9.17) is 0 Å². The largest absolute Gasteiger partial charge is 0.350 e. The van der Waals surface area contributed by atoms with Crippen LogP contribution in [0.2, 0.25) is 0 Å². The Bertz CT molecular complexity index is 1040. The molecule has 0 unspecified atom stereocenters. The molecular weight excluding hydrogens is 353 g/mol. The molecule has 3 aromatic rings. The van der Waals surface area contributed by atoms with Crippen molar-refractivity contribution in [1.82, 2.24) is 14.9 Å². The lowest BCUT2D eigenvalue weighted by molar-refractivity contribution is -0.121. The van der Waals surface area contributed by atoms with Gasteiger partial charge in [0, 0.05) is 17.0 Å². The van der Waals surface area contributed by atoms with E-state index in [1.807, 2.05) is 0 Å². The van der Waals surface area contributed by atoms with Crippen LogP contribution in [0.1, 0.15) is 28.8 Å². The van der Waals surface area contributed by atoms with Crippen molar-refractivity contribution >= 4 is 27.5 Å². The number of carbonyl (C=O) groups is 1. The van der Waals surface area contributed by atoms with Crippen molar-refractivity contribution in [1.29, 1.82) is 0 Å². The third kappa shape index (κ3) is 3.14. The molecule has 0 aliphatic heterocycles. The topological polar surface area (TPSA) is 64.0 Å². The summed E-state index contributed by atoms with van der Waals surface area (Å²) in [5, 5.41) is 3.32. The highest BCUT2D eigenvalue weighted by atomic mass is 32.1. The van der Waals surface area contributed by atoms with Gasteiger partial charge >= 0.3 is 0 Å². The first-order valence-electron chi connectivity index (χ1n) is 8.63. The molecule has 0 spiro atoms. The SMILES string of the molecule is O=C(Cn1cnc2sc3c(c2c1=O)CCCC3)NCc1ccccc1F. The van der Waals surface area contributed by atoms with Gasteiger partial charge < -0.3 is 5.32 Å². The number of aryl methyl sites for hydroxylation is 2. The van der Waals surface area contributed by atoms with E-state index < -0.39 is 0 Å². The fraction of sp³-hybridized carbons (Fsp3) is 0.316. The number of fused-ring (bicyclic) bond motifs is 3. The third-order valence-electron chi connectivity index (χ3n) is 4.69. The normalized spacial score (nSPS) is 13.6. The molecule has 0 radical (unpaired) electrons. The average molecular weight is 371 g/mol. The van der Waals surface area contributed by atoms with E-state index in [1.165, 1.54) is 21.8 Å². The predicted octanol–water partition coefficient (Wildman–Crippen LogP) is 2.79. The van der Waals surface area contributed by atoms with Crippen molar-refractivity contribution in [3.63, 3.8) is 0 Å². The zero-order valence-corrected chi connectivity index (χ0v) is 14.9. The molecule has 1 N–H and O–H groups in total. The molecule has 2 aromatic heterocycles. The number of rotatable bonds is 4. The lowest BCUT2D eigenvalue weighted by Crippen LogP contribution is -2.32. The van der Waals surface area contributed by atoms with Crippen LogP contribution in [0.25, 0.3) is 10.2 Å². The summed E-state index contributed by atoms with van der Waals surface area (Å²) >= 11 is 1.58. The number of benzene rings is 1. The van der Waals surface area contributed by atoms with Crippen LogP contribution in [0, 0.1) is 5.82 Å². The van der Waals surface area contributed by atoms with Gasteiger partial charge in [0.2, 0.25) is 5.91 Å². The summed E-state index contributed by atoms with van der Waals surface area (Å²) in [6.07, 6.45) is 5.55. The summed E-state index contributed by atoms with van der Waals surface area (Å²) in [6.45, 7) is -0.0371. The molecule has 1 aliphatic carbocycles. The number of nitrogens with zero attached hydrogens (tertiary/aromatic N) is 2. The molecule has 0 saturated carbocycles. The molecule has 0 bridgehead atoms. The first-order chi connectivity index (χ1) is 12.6. The second-order valence-corrected chi connectivity index (χ2v) is 7.52. The third-order valence-corrected chi connectivity index (χ3v) is 5.89. The number of carbonyl (C=O) groups excluding carboxylic acids is 1. The van der Waals surface area contributed by atoms with E-state index in [2.05, 4.69) is 10.3 Å². The van der Waals surface area contributed by atoms with Crippen molar-refractivity contribution in [2.75, 3.05) is 0 Å². The van der Waals surface area contributed by atoms with Gasteiger partial charge in [-0.1, -0.05) is 18.2 Å². The average Bonchev–Trinajstić information content (AvgIpc) is 3.03. The van der Waals surface area contributed by atoms with E-state index in [1.54, 1.807) is 29.5 Å². The molecule has 1 aromatic carbocycles. The second-order valence-electron chi connectivity index (χ2n) is 6.44. The molecular formula is C19H18FN3O2S. The van der Waals surface area contributed by atoms with Crippen LogP contribution >= 0.6 is 11.3 Å². The lowest BCUT2D eigenvalue weighted by Gasteiger charge is -2.11. The Morgan fingerprint density at radius 2 is 2.08 bits per heavy atom. The molecule has 0 saturated heterocycles. The van der Waals surface area contributed by atoms with Gasteiger partial charge in [0.25, 0.3) is 5.56 Å². The quantitative estimate of drug-likeness (QED) is 0.767. The molecule has 1 aliphatic rings. The Morgan fingerprint density at radius 1 is 1.27 bits per heavy atom. The molecule has 26 heavy (non-hydrogen) atoms. The van der Waals surface area contributed by atoms with Gasteiger partial charge in [0.15, 0.2) is 0 Å². The van der Waals surface area contributed by atoms with Gasteiger partial charge in [0.1, 0.15) is 17.2 Å². The summed E-state index contributed by atoms with van der Waals surface area (Å²) < 4.78 is 14.9. The minimum absolute atomic E-state index is 0.0871. The number of hydrogen-bond donors (Lipinski definition) is 1. The molecule has 7 heteroatoms. The Hall–Kier alpha value is -2.54. The van der Waals surface area contributed by atoms with Crippen molar-refractivity contribution in [3.05, 3.63) is 62.8 Å². The number of aromatic nitrogens is 2. The molecule has 0 atom stereocenters. The summed E-state index contributed by atoms with van der Waals surface area (Å²) in [7, 11) is 0. The van der Waals surface area contributed by atoms with E-state index in [9.17, 15) is 14.0 Å². The van der Waals surface area contributed by atoms with Crippen LogP contribution in [-0.2, 0) is 30.7 Å². The maximum atomic E-state index is 13.6. The van der Waals surface area contributed by atoms with E-state index in [-0.39, 0.29) is 30.4 Å². The molecule has 4 rings (SSSR count). The Kier molecular flexibility index (Phi) is 4.55. The smallest absolute Gasteiger partial charge is 0.262 e. The predicted molar refractivity (Wildman–Crippen MR) is 98.8 cm³/mol. The fourth-order valence-electron chi connectivity index (χ4n) is 3.34. The maximum absolute atomic E-state index is 13.6. The molecule has 0 fully saturated rings. The zero-order valence-electron chi connectivity index (χ0n) is 14.1. The molecule has 134 valence electrons. The fourth-order valence-corrected chi connectivity index (χ4v) is 4.56. The number of amides is 1. The highest BCUT2D eigenvalue weighted by Crippen LogP contribution is 2.33. The van der Waals surface area contributed by atoms with E-state index in [0.29, 0.717) is 10.9 Å². The monoisotopic (exact) mass is 371 g/mol. The van der Waals surface area contributed by atoms with Gasteiger partial charge in [-0.2, -0.15) is 0 Å². The maximum Gasteiger partial charge on any atom is 0.262 e. The van der Waals surface area contributed by atoms with Crippen molar-refractivity contribution in [2.24, 2.45) is 0 Å². The van der Waals surface area contributed by atoms with Gasteiger partial charge in [-0.25, -0.2) is 9.37 Å². The van der Waals surface area contributed by atoms with E-state index in [0.717, 1.165) is 36.1 Å². The van der Waals surface area contributed by atoms with Crippen LogP contribution < -0.4 is 10.9 Å². The van der Waals surface area contributed by atoms with Crippen molar-refractivity contribution in [2.45, 2.75) is 38.8 Å². The first kappa shape index (κ1) is 16.9. The Labute approximate surface area is 153 Å². The lowest BCUT2D eigenvalue weighted by atomic mass is 9.97. The van der Waals surface area contributed by atoms with Crippen LogP contribution in [0.15, 0.2) is 35.4 Å². The summed E-state index contributed by atoms with van der Waals surface area (Å²) in [5.74, 6) is -0.710. The summed E-state index contributed by atoms with van der Waals surface area (Å²) in [5.41, 5.74) is 1.35. The molecule has 5 nitrogen and oxygen atoms in total. The molecule has 2 heterocycles. The van der Waals surface area contributed by atoms with Crippen molar-refractivity contribution < 1.29 is 9.18 Å². The van der Waals surface area contributed by atoms with E-state index >= 15 is 0 Å². The van der Waals surface area contributed by atoms with Gasteiger partial charge in [-0.05, 0) is 37.3 Å². The molecule has 1 amide bonds. The Balaban J connectivity index is 1.53. The summed E-state index contributed by atoms with van der Waals surface area (Å²) in [4.78, 5) is 31.4. The highest BCUT2D eigenvalue weighted by Gasteiger charge is 2.20. The standard InChI is InChI=1S/C19H18FN3O2S/c20-14-7-3-1-5-12(14)9-21-16(24)10-23-11-22-18-17(19(23)25)13-6-2-4-8-15(13)26-18/h1,3,5,7,11H,2,4,6,8-10H2,(H,21,24). The Morgan fingerprint density at radius 3 is 2.92 bits per heavy atom. The zero-order chi connectivity index (χ0) is 18.1. The highest BCUT2D eigenvalue weighted by molar-refractivity contribution is 7.18.